The Morgan fingerprint density at radius 3 is 2.33 bits per heavy atom. The van der Waals surface area contributed by atoms with Crippen molar-refractivity contribution in [2.45, 2.75) is 26.3 Å². The highest BCUT2D eigenvalue weighted by molar-refractivity contribution is 6.33. The van der Waals surface area contributed by atoms with Crippen LogP contribution in [-0.4, -0.2) is 31.1 Å². The lowest BCUT2D eigenvalue weighted by atomic mass is 10.00. The fourth-order valence-corrected chi connectivity index (χ4v) is 3.51. The van der Waals surface area contributed by atoms with E-state index in [1.165, 1.54) is 11.3 Å². The van der Waals surface area contributed by atoms with E-state index in [0.717, 1.165) is 44.0 Å². The topological polar surface area (TPSA) is 32.5 Å². The molecule has 0 saturated carbocycles. The zero-order valence-electron chi connectivity index (χ0n) is 14.5. The van der Waals surface area contributed by atoms with Crippen molar-refractivity contribution in [1.82, 2.24) is 4.90 Å². The second-order valence-electron chi connectivity index (χ2n) is 6.83. The van der Waals surface area contributed by atoms with Gasteiger partial charge in [-0.2, -0.15) is 0 Å². The lowest BCUT2D eigenvalue weighted by Gasteiger charge is -2.36. The van der Waals surface area contributed by atoms with E-state index in [4.69, 9.17) is 17.3 Å². The molecule has 1 heterocycles. The first-order chi connectivity index (χ1) is 11.5. The summed E-state index contributed by atoms with van der Waals surface area (Å²) in [4.78, 5) is 4.92. The van der Waals surface area contributed by atoms with E-state index < -0.39 is 0 Å². The molecule has 2 N–H and O–H groups in total. The number of nitrogens with zero attached hydrogens (tertiary/aromatic N) is 2. The van der Waals surface area contributed by atoms with Gasteiger partial charge in [-0.15, -0.1) is 0 Å². The molecule has 1 aliphatic rings. The summed E-state index contributed by atoms with van der Waals surface area (Å²) in [6.45, 7) is 9.50. The Morgan fingerprint density at radius 2 is 1.71 bits per heavy atom. The molecule has 3 nitrogen and oxygen atoms in total. The van der Waals surface area contributed by atoms with Gasteiger partial charge < -0.3 is 10.6 Å². The predicted octanol–water partition coefficient (Wildman–Crippen LogP) is 4.37. The van der Waals surface area contributed by atoms with Gasteiger partial charge in [0.1, 0.15) is 0 Å². The minimum Gasteiger partial charge on any atom is -0.397 e. The third-order valence-corrected chi connectivity index (χ3v) is 5.07. The highest BCUT2D eigenvalue weighted by Gasteiger charge is 2.19. The van der Waals surface area contributed by atoms with Crippen LogP contribution in [0.25, 0.3) is 0 Å². The molecule has 0 amide bonds. The highest BCUT2D eigenvalue weighted by Crippen LogP contribution is 2.34. The average molecular weight is 344 g/mol. The van der Waals surface area contributed by atoms with E-state index >= 15 is 0 Å². The van der Waals surface area contributed by atoms with Crippen LogP contribution >= 0.6 is 11.6 Å². The largest absolute Gasteiger partial charge is 0.397 e. The van der Waals surface area contributed by atoms with Crippen LogP contribution < -0.4 is 10.6 Å². The van der Waals surface area contributed by atoms with Crippen LogP contribution in [-0.2, 0) is 6.54 Å². The molecular weight excluding hydrogens is 318 g/mol. The van der Waals surface area contributed by atoms with Crippen molar-refractivity contribution < 1.29 is 0 Å². The molecule has 1 fully saturated rings. The quantitative estimate of drug-likeness (QED) is 0.837. The first-order valence-electron chi connectivity index (χ1n) is 8.64. The molecule has 0 radical (unpaired) electrons. The van der Waals surface area contributed by atoms with Gasteiger partial charge in [-0.05, 0) is 29.2 Å². The van der Waals surface area contributed by atoms with Crippen LogP contribution in [0.5, 0.6) is 0 Å². The minimum atomic E-state index is 0.377. The second-order valence-corrected chi connectivity index (χ2v) is 7.24. The molecular formula is C20H26ClN3. The van der Waals surface area contributed by atoms with E-state index in [0.29, 0.717) is 10.9 Å². The Labute approximate surface area is 150 Å². The molecule has 0 bridgehead atoms. The molecule has 0 aromatic heterocycles. The summed E-state index contributed by atoms with van der Waals surface area (Å²) in [5.41, 5.74) is 10.6. The number of benzene rings is 2. The zero-order chi connectivity index (χ0) is 17.1. The summed E-state index contributed by atoms with van der Waals surface area (Å²) in [7, 11) is 0. The van der Waals surface area contributed by atoms with Crippen LogP contribution in [0.15, 0.2) is 42.5 Å². The van der Waals surface area contributed by atoms with Crippen LogP contribution in [0, 0.1) is 0 Å². The molecule has 0 atom stereocenters. The number of rotatable bonds is 4. The molecule has 3 rings (SSSR count). The van der Waals surface area contributed by atoms with E-state index in [1.54, 1.807) is 0 Å². The third-order valence-electron chi connectivity index (χ3n) is 4.75. The van der Waals surface area contributed by atoms with Gasteiger partial charge in [-0.25, -0.2) is 0 Å². The van der Waals surface area contributed by atoms with Gasteiger partial charge in [-0.1, -0.05) is 55.8 Å². The van der Waals surface area contributed by atoms with Gasteiger partial charge in [0, 0.05) is 38.4 Å². The number of anilines is 2. The Bertz CT molecular complexity index is 677. The minimum absolute atomic E-state index is 0.377. The smallest absolute Gasteiger partial charge is 0.0658 e. The van der Waals surface area contributed by atoms with Gasteiger partial charge in [0.15, 0.2) is 0 Å². The lowest BCUT2D eigenvalue weighted by Crippen LogP contribution is -2.46. The Morgan fingerprint density at radius 1 is 1.04 bits per heavy atom. The molecule has 0 unspecified atom stereocenters. The molecule has 24 heavy (non-hydrogen) atoms. The van der Waals surface area contributed by atoms with Crippen LogP contribution in [0.4, 0.5) is 11.4 Å². The summed E-state index contributed by atoms with van der Waals surface area (Å²) in [6, 6.07) is 14.9. The summed E-state index contributed by atoms with van der Waals surface area (Å²) < 4.78 is 0. The van der Waals surface area contributed by atoms with Gasteiger partial charge >= 0.3 is 0 Å². The maximum atomic E-state index is 6.36. The van der Waals surface area contributed by atoms with E-state index in [-0.39, 0.29) is 0 Å². The van der Waals surface area contributed by atoms with Gasteiger partial charge in [0.25, 0.3) is 0 Å². The van der Waals surface area contributed by atoms with E-state index in [2.05, 4.69) is 60.0 Å². The number of hydrogen-bond acceptors (Lipinski definition) is 3. The maximum Gasteiger partial charge on any atom is 0.0658 e. The molecule has 0 aliphatic carbocycles. The Balaban J connectivity index is 1.66. The summed E-state index contributed by atoms with van der Waals surface area (Å²) in [5, 5.41) is 0.669. The Hall–Kier alpha value is -1.71. The molecule has 128 valence electrons. The fourth-order valence-electron chi connectivity index (χ4n) is 3.29. The van der Waals surface area contributed by atoms with Gasteiger partial charge in [-0.3, -0.25) is 4.90 Å². The summed E-state index contributed by atoms with van der Waals surface area (Å²) in [6.07, 6.45) is 0. The number of nitrogens with two attached hydrogens (primary N) is 1. The number of halogens is 1. The van der Waals surface area contributed by atoms with Crippen molar-refractivity contribution in [1.29, 1.82) is 0 Å². The zero-order valence-corrected chi connectivity index (χ0v) is 15.3. The molecule has 2 aromatic rings. The maximum absolute atomic E-state index is 6.36. The second kappa shape index (κ2) is 7.45. The van der Waals surface area contributed by atoms with E-state index in [9.17, 15) is 0 Å². The number of piperazine rings is 1. The first kappa shape index (κ1) is 17.1. The van der Waals surface area contributed by atoms with Crippen molar-refractivity contribution >= 4 is 23.0 Å². The molecule has 1 saturated heterocycles. The number of nitrogen functional groups attached to an aromatic ring is 1. The molecule has 2 aromatic carbocycles. The third kappa shape index (κ3) is 3.85. The SMILES string of the molecule is CC(C)c1cc(N2CCN(Cc3ccccc3)CC2)cc(Cl)c1N. The first-order valence-corrected chi connectivity index (χ1v) is 9.02. The van der Waals surface area contributed by atoms with Crippen LogP contribution in [0.3, 0.4) is 0 Å². The number of hydrogen-bond donors (Lipinski definition) is 1. The van der Waals surface area contributed by atoms with Crippen molar-refractivity contribution in [3.05, 3.63) is 58.6 Å². The van der Waals surface area contributed by atoms with Crippen molar-refractivity contribution in [2.75, 3.05) is 36.8 Å². The lowest BCUT2D eigenvalue weighted by molar-refractivity contribution is 0.250. The normalized spacial score (nSPS) is 15.9. The Kier molecular flexibility index (Phi) is 5.32. The monoisotopic (exact) mass is 343 g/mol. The van der Waals surface area contributed by atoms with Crippen LogP contribution in [0.1, 0.15) is 30.9 Å². The summed E-state index contributed by atoms with van der Waals surface area (Å²) in [5.74, 6) is 0.377. The standard InChI is InChI=1S/C20H26ClN3/c1-15(2)18-12-17(13-19(21)20(18)22)24-10-8-23(9-11-24)14-16-6-4-3-5-7-16/h3-7,12-13,15H,8-11,14,22H2,1-2H3. The van der Waals surface area contributed by atoms with Crippen LogP contribution in [0.2, 0.25) is 5.02 Å². The molecule has 4 heteroatoms. The van der Waals surface area contributed by atoms with E-state index in [1.807, 2.05) is 6.07 Å². The molecule has 0 spiro atoms. The average Bonchev–Trinajstić information content (AvgIpc) is 2.58. The predicted molar refractivity (Wildman–Crippen MR) is 104 cm³/mol. The molecule has 1 aliphatic heterocycles. The summed E-state index contributed by atoms with van der Waals surface area (Å²) >= 11 is 6.36. The fraction of sp³-hybridized carbons (Fsp3) is 0.400. The highest BCUT2D eigenvalue weighted by atomic mass is 35.5. The van der Waals surface area contributed by atoms with Crippen molar-refractivity contribution in [3.63, 3.8) is 0 Å². The van der Waals surface area contributed by atoms with Gasteiger partial charge in [0.2, 0.25) is 0 Å². The van der Waals surface area contributed by atoms with Crippen molar-refractivity contribution in [3.8, 4) is 0 Å². The van der Waals surface area contributed by atoms with Gasteiger partial charge in [0.05, 0.1) is 10.7 Å². The van der Waals surface area contributed by atoms with Crippen molar-refractivity contribution in [2.24, 2.45) is 0 Å².